The average molecular weight is 476 g/mol. The van der Waals surface area contributed by atoms with E-state index in [0.29, 0.717) is 25.2 Å². The number of piperidine rings is 1. The Morgan fingerprint density at radius 1 is 0.938 bits per heavy atom. The highest BCUT2D eigenvalue weighted by Gasteiger charge is 2.29. The molecule has 1 atom stereocenters. The van der Waals surface area contributed by atoms with Crippen LogP contribution in [-0.4, -0.2) is 56.3 Å². The third-order valence-corrected chi connectivity index (χ3v) is 8.73. The number of carbonyl (C=O) groups excluding carboxylic acids is 1. The molecule has 6 nitrogen and oxygen atoms in total. The maximum Gasteiger partial charge on any atom is 0.251 e. The van der Waals surface area contributed by atoms with Crippen molar-refractivity contribution >= 4 is 27.5 Å². The monoisotopic (exact) mass is 475 g/mol. The summed E-state index contributed by atoms with van der Waals surface area (Å²) >= 11 is 6.25. The van der Waals surface area contributed by atoms with Gasteiger partial charge in [-0.15, -0.1) is 0 Å². The van der Waals surface area contributed by atoms with E-state index in [1.54, 1.807) is 6.07 Å². The van der Waals surface area contributed by atoms with Crippen LogP contribution in [0.15, 0.2) is 53.4 Å². The van der Waals surface area contributed by atoms with Crippen molar-refractivity contribution in [3.63, 3.8) is 0 Å². The first-order valence-corrected chi connectivity index (χ1v) is 13.2. The number of hydrogen-bond donors (Lipinski definition) is 1. The van der Waals surface area contributed by atoms with Crippen LogP contribution in [0.25, 0.3) is 0 Å². The lowest BCUT2D eigenvalue weighted by molar-refractivity contribution is 0.0937. The first kappa shape index (κ1) is 23.2. The summed E-state index contributed by atoms with van der Waals surface area (Å²) in [5.74, 6) is -0.295. The van der Waals surface area contributed by atoms with Crippen LogP contribution in [0.1, 0.15) is 54.1 Å². The molecule has 2 aromatic rings. The molecule has 1 amide bonds. The maximum atomic E-state index is 13.1. The number of rotatable bonds is 7. The third kappa shape index (κ3) is 5.17. The molecular formula is C24H30ClN3O3S. The molecule has 172 valence electrons. The number of benzene rings is 2. The van der Waals surface area contributed by atoms with Gasteiger partial charge in [0.15, 0.2) is 0 Å². The summed E-state index contributed by atoms with van der Waals surface area (Å²) in [6, 6.07) is 14.8. The molecule has 2 heterocycles. The molecule has 2 fully saturated rings. The van der Waals surface area contributed by atoms with E-state index in [4.69, 9.17) is 11.6 Å². The van der Waals surface area contributed by atoms with Crippen LogP contribution >= 0.6 is 11.6 Å². The van der Waals surface area contributed by atoms with Crippen molar-refractivity contribution in [3.8, 4) is 0 Å². The minimum atomic E-state index is -3.72. The SMILES string of the molecule is O=C(NC[C@H](c1ccccc1)N1CCCC1)c1ccc(Cl)c(S(=O)(=O)N2CCCCC2)c1. The van der Waals surface area contributed by atoms with E-state index in [1.807, 2.05) is 18.2 Å². The molecule has 0 radical (unpaired) electrons. The zero-order chi connectivity index (χ0) is 22.6. The van der Waals surface area contributed by atoms with E-state index < -0.39 is 10.0 Å². The van der Waals surface area contributed by atoms with Crippen LogP contribution in [0, 0.1) is 0 Å². The van der Waals surface area contributed by atoms with Gasteiger partial charge in [0.2, 0.25) is 10.0 Å². The summed E-state index contributed by atoms with van der Waals surface area (Å²) in [4.78, 5) is 15.4. The van der Waals surface area contributed by atoms with Crippen LogP contribution in [0.5, 0.6) is 0 Å². The highest BCUT2D eigenvalue weighted by atomic mass is 35.5. The molecule has 2 aliphatic rings. The molecule has 0 bridgehead atoms. The van der Waals surface area contributed by atoms with Gasteiger partial charge < -0.3 is 5.32 Å². The van der Waals surface area contributed by atoms with Gasteiger partial charge in [-0.05, 0) is 62.5 Å². The van der Waals surface area contributed by atoms with Gasteiger partial charge in [0, 0.05) is 25.2 Å². The van der Waals surface area contributed by atoms with E-state index in [0.717, 1.165) is 45.2 Å². The predicted molar refractivity (Wildman–Crippen MR) is 126 cm³/mol. The predicted octanol–water partition coefficient (Wildman–Crippen LogP) is 4.08. The minimum absolute atomic E-state index is 0.00729. The van der Waals surface area contributed by atoms with Crippen molar-refractivity contribution in [2.45, 2.75) is 43.0 Å². The van der Waals surface area contributed by atoms with Crippen LogP contribution in [0.2, 0.25) is 5.02 Å². The number of nitrogens with one attached hydrogen (secondary N) is 1. The largest absolute Gasteiger partial charge is 0.350 e. The standard InChI is InChI=1S/C24H30ClN3O3S/c25-21-12-11-20(17-23(21)32(30,31)28-15-5-2-6-16-28)24(29)26-18-22(27-13-7-8-14-27)19-9-3-1-4-10-19/h1,3-4,9-12,17,22H,2,5-8,13-16,18H2,(H,26,29)/t22-/m1/s1. The summed E-state index contributed by atoms with van der Waals surface area (Å²) in [6.07, 6.45) is 5.03. The van der Waals surface area contributed by atoms with Crippen LogP contribution in [0.4, 0.5) is 0 Å². The lowest BCUT2D eigenvalue weighted by Gasteiger charge is -2.28. The van der Waals surface area contributed by atoms with Gasteiger partial charge >= 0.3 is 0 Å². The topological polar surface area (TPSA) is 69.7 Å². The quantitative estimate of drug-likeness (QED) is 0.655. The molecule has 2 aliphatic heterocycles. The molecule has 0 saturated carbocycles. The zero-order valence-electron chi connectivity index (χ0n) is 18.2. The molecule has 32 heavy (non-hydrogen) atoms. The molecular weight excluding hydrogens is 446 g/mol. The number of carbonyl (C=O) groups is 1. The first-order valence-electron chi connectivity index (χ1n) is 11.3. The summed E-state index contributed by atoms with van der Waals surface area (Å²) in [5.41, 5.74) is 1.47. The lowest BCUT2D eigenvalue weighted by atomic mass is 10.1. The second-order valence-electron chi connectivity index (χ2n) is 8.49. The second kappa shape index (κ2) is 10.3. The van der Waals surface area contributed by atoms with Crippen molar-refractivity contribution in [3.05, 3.63) is 64.7 Å². The highest BCUT2D eigenvalue weighted by Crippen LogP contribution is 2.28. The van der Waals surface area contributed by atoms with E-state index in [2.05, 4.69) is 22.3 Å². The Hall–Kier alpha value is -1.93. The van der Waals surface area contributed by atoms with Crippen molar-refractivity contribution in [2.24, 2.45) is 0 Å². The smallest absolute Gasteiger partial charge is 0.251 e. The lowest BCUT2D eigenvalue weighted by Crippen LogP contribution is -2.37. The fourth-order valence-electron chi connectivity index (χ4n) is 4.56. The molecule has 1 N–H and O–H groups in total. The summed E-state index contributed by atoms with van der Waals surface area (Å²) in [5, 5.41) is 3.16. The fraction of sp³-hybridized carbons (Fsp3) is 0.458. The van der Waals surface area contributed by atoms with Gasteiger partial charge in [-0.3, -0.25) is 9.69 Å². The van der Waals surface area contributed by atoms with Gasteiger partial charge in [-0.25, -0.2) is 8.42 Å². The van der Waals surface area contributed by atoms with Gasteiger partial charge in [0.25, 0.3) is 5.91 Å². The molecule has 2 saturated heterocycles. The van der Waals surface area contributed by atoms with E-state index in [1.165, 1.54) is 22.0 Å². The summed E-state index contributed by atoms with van der Waals surface area (Å²) < 4.78 is 27.7. The molecule has 2 aromatic carbocycles. The van der Waals surface area contributed by atoms with E-state index in [9.17, 15) is 13.2 Å². The van der Waals surface area contributed by atoms with Gasteiger partial charge in [-0.2, -0.15) is 4.31 Å². The molecule has 0 aromatic heterocycles. The van der Waals surface area contributed by atoms with Crippen LogP contribution in [-0.2, 0) is 10.0 Å². The zero-order valence-corrected chi connectivity index (χ0v) is 19.7. The third-order valence-electron chi connectivity index (χ3n) is 6.35. The Bertz CT molecular complexity index is 1030. The Balaban J connectivity index is 1.51. The molecule has 8 heteroatoms. The maximum absolute atomic E-state index is 13.1. The highest BCUT2D eigenvalue weighted by molar-refractivity contribution is 7.89. The second-order valence-corrected chi connectivity index (χ2v) is 10.8. The Labute approximate surface area is 195 Å². The van der Waals surface area contributed by atoms with Crippen molar-refractivity contribution in [2.75, 3.05) is 32.7 Å². The van der Waals surface area contributed by atoms with Gasteiger partial charge in [0.05, 0.1) is 11.1 Å². The molecule has 0 aliphatic carbocycles. The van der Waals surface area contributed by atoms with Crippen molar-refractivity contribution < 1.29 is 13.2 Å². The number of halogens is 1. The Morgan fingerprint density at radius 2 is 1.59 bits per heavy atom. The number of nitrogens with zero attached hydrogens (tertiary/aromatic N) is 2. The molecule has 0 spiro atoms. The Morgan fingerprint density at radius 3 is 2.28 bits per heavy atom. The van der Waals surface area contributed by atoms with E-state index in [-0.39, 0.29) is 21.9 Å². The Kier molecular flexibility index (Phi) is 7.51. The average Bonchev–Trinajstić information content (AvgIpc) is 3.35. The number of amides is 1. The van der Waals surface area contributed by atoms with Crippen LogP contribution in [0.3, 0.4) is 0 Å². The minimum Gasteiger partial charge on any atom is -0.350 e. The van der Waals surface area contributed by atoms with Crippen molar-refractivity contribution in [1.82, 2.24) is 14.5 Å². The number of sulfonamides is 1. The fourth-order valence-corrected chi connectivity index (χ4v) is 6.58. The van der Waals surface area contributed by atoms with Crippen molar-refractivity contribution in [1.29, 1.82) is 0 Å². The molecule has 4 rings (SSSR count). The van der Waals surface area contributed by atoms with Gasteiger partial charge in [0.1, 0.15) is 4.90 Å². The first-order chi connectivity index (χ1) is 15.5. The normalized spacial score (nSPS) is 19.0. The van der Waals surface area contributed by atoms with Gasteiger partial charge in [-0.1, -0.05) is 48.4 Å². The molecule has 0 unspecified atom stereocenters. The van der Waals surface area contributed by atoms with Crippen LogP contribution < -0.4 is 5.32 Å². The number of hydrogen-bond acceptors (Lipinski definition) is 4. The number of likely N-dealkylation sites (tertiary alicyclic amines) is 1. The summed E-state index contributed by atoms with van der Waals surface area (Å²) in [6.45, 7) is 3.45. The summed E-state index contributed by atoms with van der Waals surface area (Å²) in [7, 11) is -3.72. The van der Waals surface area contributed by atoms with E-state index >= 15 is 0 Å².